The lowest BCUT2D eigenvalue weighted by atomic mass is 10.1. The number of amides is 3. The Kier molecular flexibility index (Phi) is 11.0. The Morgan fingerprint density at radius 2 is 1.15 bits per heavy atom. The number of rotatable bonds is 4. The number of nitrogens with one attached hydrogen (secondary N) is 2. The largest absolute Gasteiger partial charge is 0.336 e. The van der Waals surface area contributed by atoms with E-state index >= 15 is 0 Å². The van der Waals surface area contributed by atoms with E-state index in [-0.39, 0.29) is 16.7 Å². The van der Waals surface area contributed by atoms with Crippen molar-refractivity contribution in [2.45, 2.75) is 19.6 Å². The lowest BCUT2D eigenvalue weighted by molar-refractivity contribution is 0.0782. The van der Waals surface area contributed by atoms with Gasteiger partial charge in [0.15, 0.2) is 10.3 Å². The summed E-state index contributed by atoms with van der Waals surface area (Å²) in [4.78, 5) is 51.3. The van der Waals surface area contributed by atoms with E-state index in [0.29, 0.717) is 23.1 Å². The normalized spacial score (nSPS) is 13.3. The maximum absolute atomic E-state index is 13.9. The van der Waals surface area contributed by atoms with Crippen molar-refractivity contribution in [2.24, 2.45) is 0 Å². The second-order valence-electron chi connectivity index (χ2n) is 12.5. The van der Waals surface area contributed by atoms with E-state index in [9.17, 15) is 31.9 Å². The molecule has 0 fully saturated rings. The first-order chi connectivity index (χ1) is 26.3. The van der Waals surface area contributed by atoms with Crippen molar-refractivity contribution in [3.63, 3.8) is 0 Å². The van der Waals surface area contributed by atoms with E-state index < -0.39 is 46.2 Å². The summed E-state index contributed by atoms with van der Waals surface area (Å²) in [6.45, 7) is 1.82. The van der Waals surface area contributed by atoms with Crippen molar-refractivity contribution in [3.8, 4) is 20.9 Å². The lowest BCUT2D eigenvalue weighted by Crippen LogP contribution is -2.25. The highest BCUT2D eigenvalue weighted by Gasteiger charge is 2.30. The molecule has 8 rings (SSSR count). The van der Waals surface area contributed by atoms with E-state index in [1.807, 2.05) is 37.4 Å². The number of hydrogen-bond donors (Lipinski definition) is 2. The molecule has 0 spiro atoms. The number of halogens is 6. The second-order valence-corrected chi connectivity index (χ2v) is 16.4. The Labute approximate surface area is 336 Å². The minimum absolute atomic E-state index is 0.0900. The van der Waals surface area contributed by atoms with Gasteiger partial charge in [-0.25, -0.2) is 27.5 Å². The molecule has 4 aromatic carbocycles. The second kappa shape index (κ2) is 15.7. The van der Waals surface area contributed by atoms with Crippen LogP contribution in [0, 0.1) is 23.3 Å². The summed E-state index contributed by atoms with van der Waals surface area (Å²) in [5.74, 6) is -5.86. The van der Waals surface area contributed by atoms with E-state index in [4.69, 9.17) is 0 Å². The number of hydrogen-bond acceptors (Lipinski definition) is 8. The fourth-order valence-electron chi connectivity index (χ4n) is 6.08. The first kappa shape index (κ1) is 38.5. The summed E-state index contributed by atoms with van der Waals surface area (Å²) in [5, 5.41) is 5.34. The molecule has 4 heterocycles. The van der Waals surface area contributed by atoms with Crippen molar-refractivity contribution >= 4 is 82.5 Å². The Bertz CT molecular complexity index is 2490. The van der Waals surface area contributed by atoms with Crippen molar-refractivity contribution < 1.29 is 31.9 Å². The number of carbonyl (C=O) groups is 3. The highest BCUT2D eigenvalue weighted by atomic mass is 79.9. The lowest BCUT2D eigenvalue weighted by Gasteiger charge is -2.14. The van der Waals surface area contributed by atoms with E-state index in [2.05, 4.69) is 63.4 Å². The van der Waals surface area contributed by atoms with Gasteiger partial charge in [0, 0.05) is 41.2 Å². The molecule has 2 N–H and O–H groups in total. The first-order valence-electron chi connectivity index (χ1n) is 16.3. The number of anilines is 2. The van der Waals surface area contributed by atoms with Gasteiger partial charge in [0.2, 0.25) is 0 Å². The zero-order valence-electron chi connectivity index (χ0n) is 28.6. The summed E-state index contributed by atoms with van der Waals surface area (Å²) in [5.41, 5.74) is 3.65. The van der Waals surface area contributed by atoms with Crippen molar-refractivity contribution in [1.29, 1.82) is 0 Å². The molecular weight excluding hydrogens is 888 g/mol. The van der Waals surface area contributed by atoms with Crippen molar-refractivity contribution in [1.82, 2.24) is 19.8 Å². The molecule has 17 heteroatoms. The van der Waals surface area contributed by atoms with Crippen LogP contribution >= 0.6 is 54.5 Å². The van der Waals surface area contributed by atoms with Gasteiger partial charge in [-0.3, -0.25) is 29.9 Å². The van der Waals surface area contributed by atoms with Crippen LogP contribution in [0.5, 0.6) is 0 Å². The van der Waals surface area contributed by atoms with Crippen molar-refractivity contribution in [3.05, 3.63) is 139 Å². The van der Waals surface area contributed by atoms with Gasteiger partial charge >= 0.3 is 0 Å². The number of benzene rings is 4. The third kappa shape index (κ3) is 7.98. The van der Waals surface area contributed by atoms with Crippen LogP contribution in [-0.4, -0.2) is 51.6 Å². The van der Waals surface area contributed by atoms with E-state index in [1.165, 1.54) is 28.4 Å². The SMILES string of the molecule is CN1Cc2ccc(Br)cc2-c2sc(NC(=O)c3c(F)cccc3F)nc2C1.CN1Cc2ccc(Br)cc2-c2sc(NC(=O)c3c(F)cccc3F)nc2C1=O. The van der Waals surface area contributed by atoms with Crippen LogP contribution in [0.25, 0.3) is 20.9 Å². The number of fused-ring (bicyclic) bond motifs is 6. The zero-order chi connectivity index (χ0) is 39.1. The highest BCUT2D eigenvalue weighted by molar-refractivity contribution is 9.10. The van der Waals surface area contributed by atoms with Crippen LogP contribution in [0.2, 0.25) is 0 Å². The molecule has 0 bridgehead atoms. The molecule has 3 amide bonds. The van der Waals surface area contributed by atoms with Gasteiger partial charge < -0.3 is 4.90 Å². The third-order valence-corrected chi connectivity index (χ3v) is 11.6. The maximum Gasteiger partial charge on any atom is 0.274 e. The minimum atomic E-state index is -0.972. The fraction of sp³-hybridized carbons (Fsp3) is 0.132. The van der Waals surface area contributed by atoms with Gasteiger partial charge in [-0.2, -0.15) is 0 Å². The Hall–Kier alpha value is -4.81. The van der Waals surface area contributed by atoms with Crippen LogP contribution in [0.1, 0.15) is 48.0 Å². The number of nitrogens with zero attached hydrogens (tertiary/aromatic N) is 4. The van der Waals surface area contributed by atoms with Gasteiger partial charge in [0.1, 0.15) is 40.1 Å². The molecular formula is C38H26Br2F4N6O3S2. The van der Waals surface area contributed by atoms with Crippen LogP contribution in [0.3, 0.4) is 0 Å². The third-order valence-electron chi connectivity index (χ3n) is 8.59. The topological polar surface area (TPSA) is 108 Å². The van der Waals surface area contributed by atoms with Gasteiger partial charge in [-0.05, 0) is 72.3 Å². The van der Waals surface area contributed by atoms with Crippen LogP contribution in [-0.2, 0) is 19.6 Å². The quantitative estimate of drug-likeness (QED) is 0.171. The number of carbonyl (C=O) groups excluding carboxylic acids is 3. The average molecular weight is 915 g/mol. The predicted molar refractivity (Wildman–Crippen MR) is 210 cm³/mol. The molecule has 9 nitrogen and oxygen atoms in total. The molecule has 0 radical (unpaired) electrons. The summed E-state index contributed by atoms with van der Waals surface area (Å²) >= 11 is 9.30. The number of thiazole rings is 2. The highest BCUT2D eigenvalue weighted by Crippen LogP contribution is 2.41. The molecule has 55 heavy (non-hydrogen) atoms. The van der Waals surface area contributed by atoms with Crippen molar-refractivity contribution in [2.75, 3.05) is 24.7 Å². The first-order valence-corrected chi connectivity index (χ1v) is 19.5. The molecule has 6 aromatic rings. The number of aromatic nitrogens is 2. The fourth-order valence-corrected chi connectivity index (χ4v) is 8.83. The zero-order valence-corrected chi connectivity index (χ0v) is 33.5. The van der Waals surface area contributed by atoms with Gasteiger partial charge in [-0.15, -0.1) is 0 Å². The molecule has 0 unspecified atom stereocenters. The molecule has 2 aliphatic heterocycles. The van der Waals surface area contributed by atoms with Crippen LogP contribution in [0.15, 0.2) is 81.7 Å². The van der Waals surface area contributed by atoms with E-state index in [0.717, 1.165) is 83.9 Å². The molecule has 0 atom stereocenters. The monoisotopic (exact) mass is 912 g/mol. The van der Waals surface area contributed by atoms with E-state index in [1.54, 1.807) is 7.05 Å². The Morgan fingerprint density at radius 3 is 1.69 bits per heavy atom. The standard InChI is InChI=1S/C19H12BrF2N3O2S.C19H14BrF2N3OS/c1-25-8-9-5-6-10(20)7-11(9)16-15(18(25)27)23-19(28-16)24-17(26)14-12(21)3-2-4-13(14)22;1-25-8-10-5-6-11(20)7-12(10)17-15(9-25)23-19(27-17)24-18(26)16-13(21)3-2-4-14(16)22/h2-7H,8H2,1H3,(H,23,24,26);2-7H,8-9H2,1H3,(H,23,24,26). The summed E-state index contributed by atoms with van der Waals surface area (Å²) in [6.07, 6.45) is 0. The summed E-state index contributed by atoms with van der Waals surface area (Å²) in [7, 11) is 3.66. The van der Waals surface area contributed by atoms with Crippen LogP contribution < -0.4 is 10.6 Å². The predicted octanol–water partition coefficient (Wildman–Crippen LogP) is 9.74. The minimum Gasteiger partial charge on any atom is -0.336 e. The molecule has 280 valence electrons. The van der Waals surface area contributed by atoms with Gasteiger partial charge in [-0.1, -0.05) is 78.8 Å². The molecule has 2 aromatic heterocycles. The van der Waals surface area contributed by atoms with Gasteiger partial charge in [0.25, 0.3) is 17.7 Å². The maximum atomic E-state index is 13.9. The summed E-state index contributed by atoms with van der Waals surface area (Å²) < 4.78 is 57.2. The Balaban J connectivity index is 0.000000169. The molecule has 0 saturated carbocycles. The Morgan fingerprint density at radius 1 is 0.673 bits per heavy atom. The summed E-state index contributed by atoms with van der Waals surface area (Å²) in [6, 6.07) is 18.2. The molecule has 0 saturated heterocycles. The van der Waals surface area contributed by atoms with Gasteiger partial charge in [0.05, 0.1) is 15.4 Å². The molecule has 2 aliphatic rings. The average Bonchev–Trinajstić information content (AvgIpc) is 3.67. The molecule has 0 aliphatic carbocycles. The van der Waals surface area contributed by atoms with Crippen LogP contribution in [0.4, 0.5) is 27.8 Å². The smallest absolute Gasteiger partial charge is 0.274 e.